The summed E-state index contributed by atoms with van der Waals surface area (Å²) in [6.07, 6.45) is 2.51. The van der Waals surface area contributed by atoms with Crippen molar-refractivity contribution >= 4 is 0 Å². The van der Waals surface area contributed by atoms with Crippen molar-refractivity contribution in [1.29, 1.82) is 0 Å². The van der Waals surface area contributed by atoms with Gasteiger partial charge in [-0.1, -0.05) is 30.3 Å². The van der Waals surface area contributed by atoms with E-state index in [0.717, 1.165) is 25.3 Å². The lowest BCUT2D eigenvalue weighted by atomic mass is 9.90. The van der Waals surface area contributed by atoms with Crippen LogP contribution in [0.1, 0.15) is 18.4 Å². The molecule has 1 saturated carbocycles. The largest absolute Gasteiger partial charge is 0.394 e. The molecule has 0 heterocycles. The highest BCUT2D eigenvalue weighted by molar-refractivity contribution is 5.25. The molecule has 0 aromatic heterocycles. The van der Waals surface area contributed by atoms with Crippen molar-refractivity contribution in [2.45, 2.75) is 24.4 Å². The molecule has 0 spiro atoms. The first-order valence-corrected chi connectivity index (χ1v) is 7.34. The second-order valence-corrected chi connectivity index (χ2v) is 5.55. The fraction of sp³-hybridized carbons (Fsp3) is 0.625. The van der Waals surface area contributed by atoms with Gasteiger partial charge in [0.25, 0.3) is 0 Å². The second kappa shape index (κ2) is 7.18. The standard InChI is InChI=1S/C16H26N2O2/c1-17-16(13-19,14-6-4-3-5-7-14)12-18(10-11-20-2)15-8-9-15/h3-7,15,17,19H,8-13H2,1-2H3. The number of benzene rings is 1. The van der Waals surface area contributed by atoms with E-state index in [4.69, 9.17) is 4.74 Å². The number of hydrogen-bond acceptors (Lipinski definition) is 4. The predicted molar refractivity (Wildman–Crippen MR) is 80.7 cm³/mol. The maximum Gasteiger partial charge on any atom is 0.0795 e. The Bertz CT molecular complexity index is 389. The van der Waals surface area contributed by atoms with Crippen molar-refractivity contribution in [3.63, 3.8) is 0 Å². The predicted octanol–water partition coefficient (Wildman–Crippen LogP) is 1.20. The van der Waals surface area contributed by atoms with Gasteiger partial charge in [-0.2, -0.15) is 0 Å². The smallest absolute Gasteiger partial charge is 0.0795 e. The van der Waals surface area contributed by atoms with Gasteiger partial charge in [0.05, 0.1) is 18.8 Å². The van der Waals surface area contributed by atoms with E-state index in [1.54, 1.807) is 7.11 Å². The van der Waals surface area contributed by atoms with Gasteiger partial charge in [0.2, 0.25) is 0 Å². The minimum absolute atomic E-state index is 0.0870. The lowest BCUT2D eigenvalue weighted by Gasteiger charge is -2.37. The number of ether oxygens (including phenoxy) is 1. The first-order valence-electron chi connectivity index (χ1n) is 7.34. The Kier molecular flexibility index (Phi) is 5.54. The number of likely N-dealkylation sites (N-methyl/N-ethyl adjacent to an activating group) is 1. The van der Waals surface area contributed by atoms with Crippen LogP contribution in [0.5, 0.6) is 0 Å². The molecular formula is C16H26N2O2. The van der Waals surface area contributed by atoms with Crippen LogP contribution in [0.3, 0.4) is 0 Å². The molecular weight excluding hydrogens is 252 g/mol. The van der Waals surface area contributed by atoms with Gasteiger partial charge in [-0.05, 0) is 25.5 Å². The van der Waals surface area contributed by atoms with Crippen molar-refractivity contribution in [1.82, 2.24) is 10.2 Å². The van der Waals surface area contributed by atoms with Crippen LogP contribution in [-0.2, 0) is 10.3 Å². The van der Waals surface area contributed by atoms with Crippen LogP contribution >= 0.6 is 0 Å². The minimum Gasteiger partial charge on any atom is -0.394 e. The summed E-state index contributed by atoms with van der Waals surface area (Å²) in [4.78, 5) is 2.43. The molecule has 1 fully saturated rings. The highest BCUT2D eigenvalue weighted by atomic mass is 16.5. The van der Waals surface area contributed by atoms with E-state index in [2.05, 4.69) is 22.3 Å². The zero-order valence-electron chi connectivity index (χ0n) is 12.5. The summed E-state index contributed by atoms with van der Waals surface area (Å²) in [7, 11) is 3.66. The third-order valence-electron chi connectivity index (χ3n) is 4.19. The molecule has 1 aromatic carbocycles. The van der Waals surface area contributed by atoms with Gasteiger partial charge in [-0.3, -0.25) is 4.90 Å². The van der Waals surface area contributed by atoms with E-state index >= 15 is 0 Å². The summed E-state index contributed by atoms with van der Waals surface area (Å²) in [5.74, 6) is 0. The molecule has 2 N–H and O–H groups in total. The van der Waals surface area contributed by atoms with Crippen LogP contribution in [0.15, 0.2) is 30.3 Å². The Morgan fingerprint density at radius 2 is 2.05 bits per heavy atom. The van der Waals surface area contributed by atoms with Gasteiger partial charge < -0.3 is 15.2 Å². The first kappa shape index (κ1) is 15.4. The number of hydrogen-bond donors (Lipinski definition) is 2. The number of aliphatic hydroxyl groups is 1. The summed E-state index contributed by atoms with van der Waals surface area (Å²) in [5.41, 5.74) is 0.727. The highest BCUT2D eigenvalue weighted by Gasteiger charge is 2.37. The molecule has 1 aliphatic rings. The van der Waals surface area contributed by atoms with Crippen molar-refractivity contribution < 1.29 is 9.84 Å². The van der Waals surface area contributed by atoms with Crippen LogP contribution in [0.25, 0.3) is 0 Å². The quantitative estimate of drug-likeness (QED) is 0.712. The minimum atomic E-state index is -0.405. The van der Waals surface area contributed by atoms with Gasteiger partial charge in [-0.25, -0.2) is 0 Å². The van der Waals surface area contributed by atoms with Gasteiger partial charge in [0.1, 0.15) is 0 Å². The summed E-state index contributed by atoms with van der Waals surface area (Å²) in [6, 6.07) is 10.8. The molecule has 0 bridgehead atoms. The summed E-state index contributed by atoms with van der Waals surface area (Å²) >= 11 is 0. The molecule has 1 atom stereocenters. The van der Waals surface area contributed by atoms with E-state index in [9.17, 15) is 5.11 Å². The molecule has 4 nitrogen and oxygen atoms in total. The molecule has 0 saturated heterocycles. The van der Waals surface area contributed by atoms with Crippen molar-refractivity contribution in [2.75, 3.05) is 40.5 Å². The van der Waals surface area contributed by atoms with Gasteiger partial charge >= 0.3 is 0 Å². The van der Waals surface area contributed by atoms with Gasteiger partial charge in [-0.15, -0.1) is 0 Å². The van der Waals surface area contributed by atoms with Gasteiger partial charge in [0, 0.05) is 26.2 Å². The number of methoxy groups -OCH3 is 1. The third kappa shape index (κ3) is 3.58. The van der Waals surface area contributed by atoms with E-state index in [0.29, 0.717) is 6.04 Å². The summed E-state index contributed by atoms with van der Waals surface area (Å²) in [5, 5.41) is 13.3. The Labute approximate surface area is 121 Å². The van der Waals surface area contributed by atoms with Crippen LogP contribution < -0.4 is 5.32 Å². The molecule has 0 amide bonds. The Hall–Kier alpha value is -0.940. The fourth-order valence-corrected chi connectivity index (χ4v) is 2.68. The molecule has 1 aliphatic carbocycles. The monoisotopic (exact) mass is 278 g/mol. The maximum atomic E-state index is 9.99. The van der Waals surface area contributed by atoms with Crippen LogP contribution in [0, 0.1) is 0 Å². The second-order valence-electron chi connectivity index (χ2n) is 5.55. The molecule has 1 aromatic rings. The van der Waals surface area contributed by atoms with Crippen LogP contribution in [-0.4, -0.2) is 56.5 Å². The number of nitrogens with one attached hydrogen (secondary N) is 1. The summed E-state index contributed by atoms with van der Waals surface area (Å²) < 4.78 is 5.21. The van der Waals surface area contributed by atoms with Crippen molar-refractivity contribution in [2.24, 2.45) is 0 Å². The van der Waals surface area contributed by atoms with E-state index in [1.807, 2.05) is 25.2 Å². The Morgan fingerprint density at radius 1 is 1.35 bits per heavy atom. The van der Waals surface area contributed by atoms with Crippen molar-refractivity contribution in [3.8, 4) is 0 Å². The first-order chi connectivity index (χ1) is 9.75. The summed E-state index contributed by atoms with van der Waals surface area (Å²) in [6.45, 7) is 2.54. The molecule has 4 heteroatoms. The van der Waals surface area contributed by atoms with E-state index in [1.165, 1.54) is 12.8 Å². The topological polar surface area (TPSA) is 44.7 Å². The number of rotatable bonds is 9. The zero-order valence-corrected chi connectivity index (χ0v) is 12.5. The molecule has 0 radical (unpaired) electrons. The molecule has 2 rings (SSSR count). The molecule has 112 valence electrons. The molecule has 20 heavy (non-hydrogen) atoms. The SMILES string of the molecule is CNC(CO)(CN(CCOC)C1CC1)c1ccccc1. The normalized spacial score (nSPS) is 18.2. The number of aliphatic hydroxyl groups excluding tert-OH is 1. The molecule has 1 unspecified atom stereocenters. The van der Waals surface area contributed by atoms with Crippen LogP contribution in [0.2, 0.25) is 0 Å². The lowest BCUT2D eigenvalue weighted by molar-refractivity contribution is 0.0850. The lowest BCUT2D eigenvalue weighted by Crippen LogP contribution is -2.53. The maximum absolute atomic E-state index is 9.99. The van der Waals surface area contributed by atoms with Crippen molar-refractivity contribution in [3.05, 3.63) is 35.9 Å². The third-order valence-corrected chi connectivity index (χ3v) is 4.19. The highest BCUT2D eigenvalue weighted by Crippen LogP contribution is 2.30. The average Bonchev–Trinajstić information content (AvgIpc) is 3.34. The zero-order chi connectivity index (χ0) is 14.4. The fourth-order valence-electron chi connectivity index (χ4n) is 2.68. The van der Waals surface area contributed by atoms with E-state index < -0.39 is 5.54 Å². The number of nitrogens with zero attached hydrogens (tertiary/aromatic N) is 1. The Balaban J connectivity index is 2.14. The van der Waals surface area contributed by atoms with E-state index in [-0.39, 0.29) is 6.61 Å². The van der Waals surface area contributed by atoms with Gasteiger partial charge in [0.15, 0.2) is 0 Å². The van der Waals surface area contributed by atoms with Crippen LogP contribution in [0.4, 0.5) is 0 Å². The Morgan fingerprint density at radius 3 is 2.55 bits per heavy atom. The average molecular weight is 278 g/mol. The molecule has 0 aliphatic heterocycles.